The molecule has 1 aromatic heterocycles. The van der Waals surface area contributed by atoms with Gasteiger partial charge in [-0.1, -0.05) is 11.6 Å². The van der Waals surface area contributed by atoms with Gasteiger partial charge in [0.1, 0.15) is 5.82 Å². The van der Waals surface area contributed by atoms with Crippen molar-refractivity contribution in [3.63, 3.8) is 0 Å². The Bertz CT molecular complexity index is 517. The van der Waals surface area contributed by atoms with E-state index in [1.165, 1.54) is 12.1 Å². The minimum atomic E-state index is -0.242. The van der Waals surface area contributed by atoms with Crippen LogP contribution in [-0.4, -0.2) is 17.7 Å². The highest BCUT2D eigenvalue weighted by Crippen LogP contribution is 2.30. The molecule has 1 N–H and O–H groups in total. The summed E-state index contributed by atoms with van der Waals surface area (Å²) in [5.74, 6) is -0.242. The first-order chi connectivity index (χ1) is 7.25. The number of halogens is 2. The fourth-order valence-corrected chi connectivity index (χ4v) is 2.21. The highest BCUT2D eigenvalue weighted by molar-refractivity contribution is 6.35. The molecule has 0 radical (unpaired) electrons. The second-order valence-electron chi connectivity index (χ2n) is 3.86. The maximum absolute atomic E-state index is 13.0. The quantitative estimate of drug-likeness (QED) is 0.788. The van der Waals surface area contributed by atoms with E-state index in [0.717, 1.165) is 24.0 Å². The van der Waals surface area contributed by atoms with Crippen LogP contribution in [0.1, 0.15) is 6.04 Å². The van der Waals surface area contributed by atoms with Gasteiger partial charge >= 0.3 is 0 Å². The second kappa shape index (κ2) is 3.22. The summed E-state index contributed by atoms with van der Waals surface area (Å²) in [6.07, 6.45) is 1.89. The number of hydrogen-bond acceptors (Lipinski definition) is 1. The zero-order chi connectivity index (χ0) is 10.4. The van der Waals surface area contributed by atoms with Crippen molar-refractivity contribution >= 4 is 22.5 Å². The predicted molar refractivity (Wildman–Crippen MR) is 58.8 cm³/mol. The van der Waals surface area contributed by atoms with Crippen LogP contribution < -0.4 is 5.32 Å². The first kappa shape index (κ1) is 9.19. The lowest BCUT2D eigenvalue weighted by atomic mass is 10.1. The van der Waals surface area contributed by atoms with Crippen LogP contribution in [0.2, 0.25) is 5.02 Å². The first-order valence-corrected chi connectivity index (χ1v) is 5.30. The Balaban J connectivity index is 2.22. The Morgan fingerprint density at radius 3 is 2.87 bits per heavy atom. The van der Waals surface area contributed by atoms with Gasteiger partial charge in [-0.15, -0.1) is 0 Å². The van der Waals surface area contributed by atoms with E-state index in [2.05, 4.69) is 9.88 Å². The number of benzene rings is 1. The SMILES string of the molecule is Fc1ccc2c(c1)c(Cl)cn2C1CNC1. The lowest BCUT2D eigenvalue weighted by Gasteiger charge is -2.29. The van der Waals surface area contributed by atoms with Gasteiger partial charge in [0.15, 0.2) is 0 Å². The van der Waals surface area contributed by atoms with Crippen LogP contribution in [0.3, 0.4) is 0 Å². The van der Waals surface area contributed by atoms with Crippen molar-refractivity contribution in [1.82, 2.24) is 9.88 Å². The molecule has 1 aromatic carbocycles. The number of nitrogens with zero attached hydrogens (tertiary/aromatic N) is 1. The molecule has 1 aliphatic rings. The molecule has 1 aliphatic heterocycles. The molecular weight excluding hydrogens is 215 g/mol. The summed E-state index contributed by atoms with van der Waals surface area (Å²) in [7, 11) is 0. The summed E-state index contributed by atoms with van der Waals surface area (Å²) in [4.78, 5) is 0. The van der Waals surface area contributed by atoms with Gasteiger partial charge in [0.25, 0.3) is 0 Å². The van der Waals surface area contributed by atoms with Crippen LogP contribution in [0.4, 0.5) is 4.39 Å². The van der Waals surface area contributed by atoms with Gasteiger partial charge in [-0.2, -0.15) is 0 Å². The molecule has 0 unspecified atom stereocenters. The first-order valence-electron chi connectivity index (χ1n) is 4.92. The van der Waals surface area contributed by atoms with Crippen LogP contribution in [0.5, 0.6) is 0 Å². The topological polar surface area (TPSA) is 17.0 Å². The van der Waals surface area contributed by atoms with E-state index in [4.69, 9.17) is 11.6 Å². The van der Waals surface area contributed by atoms with E-state index in [-0.39, 0.29) is 5.82 Å². The molecule has 2 aromatic rings. The lowest BCUT2D eigenvalue weighted by molar-refractivity contribution is 0.352. The predicted octanol–water partition coefficient (Wildman–Crippen LogP) is 2.58. The van der Waals surface area contributed by atoms with Gasteiger partial charge in [0, 0.05) is 24.7 Å². The lowest BCUT2D eigenvalue weighted by Crippen LogP contribution is -2.43. The smallest absolute Gasteiger partial charge is 0.124 e. The maximum Gasteiger partial charge on any atom is 0.124 e. The Morgan fingerprint density at radius 1 is 1.40 bits per heavy atom. The summed E-state index contributed by atoms with van der Waals surface area (Å²) < 4.78 is 15.2. The Hall–Kier alpha value is -1.06. The van der Waals surface area contributed by atoms with Crippen molar-refractivity contribution in [1.29, 1.82) is 0 Å². The Labute approximate surface area is 91.6 Å². The molecule has 0 amide bonds. The third kappa shape index (κ3) is 1.34. The van der Waals surface area contributed by atoms with Crippen LogP contribution in [0.25, 0.3) is 10.9 Å². The molecule has 1 saturated heterocycles. The zero-order valence-electron chi connectivity index (χ0n) is 8.00. The molecule has 3 rings (SSSR count). The summed E-state index contributed by atoms with van der Waals surface area (Å²) in [6, 6.07) is 5.20. The summed E-state index contributed by atoms with van der Waals surface area (Å²) in [6.45, 7) is 1.91. The number of aromatic nitrogens is 1. The van der Waals surface area contributed by atoms with Crippen molar-refractivity contribution in [2.75, 3.05) is 13.1 Å². The largest absolute Gasteiger partial charge is 0.340 e. The molecule has 15 heavy (non-hydrogen) atoms. The minimum absolute atomic E-state index is 0.242. The standard InChI is InChI=1S/C11H10ClFN2/c12-10-6-15(8-4-14-5-8)11-2-1-7(13)3-9(10)11/h1-3,6,8,14H,4-5H2. The van der Waals surface area contributed by atoms with E-state index >= 15 is 0 Å². The second-order valence-corrected chi connectivity index (χ2v) is 4.27. The van der Waals surface area contributed by atoms with Crippen LogP contribution >= 0.6 is 11.6 Å². The molecule has 2 heterocycles. The van der Waals surface area contributed by atoms with E-state index in [1.54, 1.807) is 6.07 Å². The van der Waals surface area contributed by atoms with Gasteiger partial charge in [0.2, 0.25) is 0 Å². The van der Waals surface area contributed by atoms with E-state index in [1.807, 2.05) is 6.20 Å². The Morgan fingerprint density at radius 2 is 2.20 bits per heavy atom. The highest BCUT2D eigenvalue weighted by Gasteiger charge is 2.21. The van der Waals surface area contributed by atoms with Crippen LogP contribution in [0.15, 0.2) is 24.4 Å². The van der Waals surface area contributed by atoms with E-state index in [9.17, 15) is 4.39 Å². The molecule has 0 aliphatic carbocycles. The zero-order valence-corrected chi connectivity index (χ0v) is 8.76. The maximum atomic E-state index is 13.0. The van der Waals surface area contributed by atoms with Gasteiger partial charge in [-0.3, -0.25) is 0 Å². The fourth-order valence-electron chi connectivity index (χ4n) is 1.96. The fraction of sp³-hybridized carbons (Fsp3) is 0.273. The third-order valence-corrected chi connectivity index (χ3v) is 3.20. The van der Waals surface area contributed by atoms with Crippen molar-refractivity contribution in [3.8, 4) is 0 Å². The molecule has 1 fully saturated rings. The minimum Gasteiger partial charge on any atom is -0.340 e. The van der Waals surface area contributed by atoms with Crippen LogP contribution in [0, 0.1) is 5.82 Å². The summed E-state index contributed by atoms with van der Waals surface area (Å²) in [5, 5.41) is 4.62. The van der Waals surface area contributed by atoms with Crippen molar-refractivity contribution in [3.05, 3.63) is 35.2 Å². The molecule has 78 valence electrons. The Kier molecular flexibility index (Phi) is 1.97. The number of nitrogens with one attached hydrogen (secondary N) is 1. The number of rotatable bonds is 1. The van der Waals surface area contributed by atoms with Gasteiger partial charge in [0.05, 0.1) is 16.6 Å². The summed E-state index contributed by atoms with van der Waals surface area (Å²) in [5.41, 5.74) is 1.01. The molecule has 0 spiro atoms. The van der Waals surface area contributed by atoms with E-state index in [0.29, 0.717) is 11.1 Å². The number of hydrogen-bond donors (Lipinski definition) is 1. The third-order valence-electron chi connectivity index (χ3n) is 2.90. The molecule has 4 heteroatoms. The molecule has 0 bridgehead atoms. The molecule has 0 saturated carbocycles. The number of fused-ring (bicyclic) bond motifs is 1. The van der Waals surface area contributed by atoms with Gasteiger partial charge in [-0.25, -0.2) is 4.39 Å². The van der Waals surface area contributed by atoms with Crippen molar-refractivity contribution in [2.24, 2.45) is 0 Å². The monoisotopic (exact) mass is 224 g/mol. The van der Waals surface area contributed by atoms with Crippen molar-refractivity contribution in [2.45, 2.75) is 6.04 Å². The van der Waals surface area contributed by atoms with Gasteiger partial charge < -0.3 is 9.88 Å². The average Bonchev–Trinajstić information content (AvgIpc) is 2.41. The highest BCUT2D eigenvalue weighted by atomic mass is 35.5. The molecule has 0 atom stereocenters. The average molecular weight is 225 g/mol. The van der Waals surface area contributed by atoms with Crippen LogP contribution in [-0.2, 0) is 0 Å². The summed E-state index contributed by atoms with van der Waals surface area (Å²) >= 11 is 6.07. The normalized spacial score (nSPS) is 16.9. The van der Waals surface area contributed by atoms with Crippen molar-refractivity contribution < 1.29 is 4.39 Å². The molecule has 2 nitrogen and oxygen atoms in total. The molecular formula is C11H10ClFN2. The van der Waals surface area contributed by atoms with E-state index < -0.39 is 0 Å². The van der Waals surface area contributed by atoms with Gasteiger partial charge in [-0.05, 0) is 18.2 Å².